The number of amides is 1. The number of fused-ring (bicyclic) bond motifs is 1. The van der Waals surface area contributed by atoms with Gasteiger partial charge in [-0.2, -0.15) is 4.37 Å². The molecule has 0 spiro atoms. The fourth-order valence-electron chi connectivity index (χ4n) is 3.81. The lowest BCUT2D eigenvalue weighted by Crippen LogP contribution is -2.41. The summed E-state index contributed by atoms with van der Waals surface area (Å²) in [5.41, 5.74) is 0.457. The predicted octanol–water partition coefficient (Wildman–Crippen LogP) is 2.66. The average molecular weight is 414 g/mol. The Morgan fingerprint density at radius 1 is 1.24 bits per heavy atom. The molecule has 2 atom stereocenters. The number of ether oxygens (including phenoxy) is 1. The van der Waals surface area contributed by atoms with Crippen LogP contribution in [-0.2, 0) is 11.3 Å². The molecule has 1 aromatic carbocycles. The topological polar surface area (TPSA) is 86.0 Å². The Morgan fingerprint density at radius 2 is 2.07 bits per heavy atom. The Labute approximate surface area is 170 Å². The van der Waals surface area contributed by atoms with E-state index in [0.717, 1.165) is 23.9 Å². The van der Waals surface area contributed by atoms with E-state index in [-0.39, 0.29) is 23.7 Å². The number of carbonyl (C=O) groups excluding carboxylic acids is 1. The number of halogens is 1. The maximum absolute atomic E-state index is 13.2. The van der Waals surface area contributed by atoms with Crippen molar-refractivity contribution in [1.29, 1.82) is 0 Å². The molecule has 29 heavy (non-hydrogen) atoms. The van der Waals surface area contributed by atoms with E-state index < -0.39 is 0 Å². The largest absolute Gasteiger partial charge is 0.381 e. The van der Waals surface area contributed by atoms with Crippen LogP contribution in [0.2, 0.25) is 0 Å². The summed E-state index contributed by atoms with van der Waals surface area (Å²) < 4.78 is 25.1. The number of hydrogen-bond donors (Lipinski definition) is 0. The fourth-order valence-corrected chi connectivity index (χ4v) is 4.55. The molecule has 1 saturated heterocycles. The van der Waals surface area contributed by atoms with Crippen LogP contribution >= 0.6 is 11.5 Å². The smallest absolute Gasteiger partial charge is 0.254 e. The van der Waals surface area contributed by atoms with Crippen molar-refractivity contribution in [1.82, 2.24) is 29.0 Å². The monoisotopic (exact) mass is 414 g/mol. The Kier molecular flexibility index (Phi) is 4.59. The first-order chi connectivity index (χ1) is 14.1. The van der Waals surface area contributed by atoms with Crippen molar-refractivity contribution in [2.45, 2.75) is 31.8 Å². The summed E-state index contributed by atoms with van der Waals surface area (Å²) in [6, 6.07) is 5.35. The molecule has 5 rings (SSSR count). The van der Waals surface area contributed by atoms with Crippen LogP contribution < -0.4 is 0 Å². The van der Waals surface area contributed by atoms with Crippen LogP contribution in [0.4, 0.5) is 4.39 Å². The fraction of sp³-hybridized carbons (Fsp3) is 0.421. The first kappa shape index (κ1) is 18.3. The molecule has 1 unspecified atom stereocenters. The molecule has 4 heterocycles. The molecule has 3 aromatic rings. The van der Waals surface area contributed by atoms with E-state index in [0.29, 0.717) is 36.9 Å². The quantitative estimate of drug-likeness (QED) is 0.655. The van der Waals surface area contributed by atoms with Gasteiger partial charge in [0.2, 0.25) is 0 Å². The molecule has 2 aliphatic heterocycles. The zero-order valence-corrected chi connectivity index (χ0v) is 16.6. The van der Waals surface area contributed by atoms with Crippen LogP contribution in [0, 0.1) is 5.82 Å². The molecular formula is C19H19FN6O2S. The van der Waals surface area contributed by atoms with Crippen LogP contribution in [0.1, 0.15) is 47.3 Å². The highest BCUT2D eigenvalue weighted by atomic mass is 32.1. The normalized spacial score (nSPS) is 21.4. The molecule has 0 bridgehead atoms. The van der Waals surface area contributed by atoms with Crippen LogP contribution in [0.5, 0.6) is 0 Å². The van der Waals surface area contributed by atoms with Crippen LogP contribution in [0.3, 0.4) is 0 Å². The highest BCUT2D eigenvalue weighted by molar-refractivity contribution is 7.09. The van der Waals surface area contributed by atoms with Gasteiger partial charge < -0.3 is 14.2 Å². The van der Waals surface area contributed by atoms with Gasteiger partial charge in [-0.15, -0.1) is 10.2 Å². The van der Waals surface area contributed by atoms with Gasteiger partial charge in [-0.1, -0.05) is 0 Å². The van der Waals surface area contributed by atoms with Gasteiger partial charge in [0, 0.05) is 31.2 Å². The molecule has 1 amide bonds. The summed E-state index contributed by atoms with van der Waals surface area (Å²) in [6.45, 7) is 4.40. The number of rotatable bonds is 3. The predicted molar refractivity (Wildman–Crippen MR) is 103 cm³/mol. The molecule has 2 aliphatic rings. The van der Waals surface area contributed by atoms with Crippen molar-refractivity contribution in [2.75, 3.05) is 19.8 Å². The van der Waals surface area contributed by atoms with Gasteiger partial charge in [0.05, 0.1) is 12.6 Å². The van der Waals surface area contributed by atoms with Gasteiger partial charge in [-0.05, 0) is 49.1 Å². The van der Waals surface area contributed by atoms with Gasteiger partial charge in [-0.3, -0.25) is 4.79 Å². The third-order valence-corrected chi connectivity index (χ3v) is 6.19. The minimum Gasteiger partial charge on any atom is -0.381 e. The van der Waals surface area contributed by atoms with E-state index in [2.05, 4.69) is 19.6 Å². The van der Waals surface area contributed by atoms with Crippen molar-refractivity contribution in [3.8, 4) is 10.8 Å². The van der Waals surface area contributed by atoms with E-state index in [1.807, 2.05) is 11.5 Å². The Balaban J connectivity index is 1.39. The summed E-state index contributed by atoms with van der Waals surface area (Å²) in [5, 5.41) is 9.41. The molecule has 150 valence electrons. The second kappa shape index (κ2) is 7.27. The lowest BCUT2D eigenvalue weighted by atomic mass is 10.1. The average Bonchev–Trinajstić information content (AvgIpc) is 3.47. The van der Waals surface area contributed by atoms with Gasteiger partial charge in [-0.25, -0.2) is 9.37 Å². The van der Waals surface area contributed by atoms with Crippen molar-refractivity contribution in [2.24, 2.45) is 0 Å². The second-order valence-corrected chi connectivity index (χ2v) is 7.98. The summed E-state index contributed by atoms with van der Waals surface area (Å²) in [4.78, 5) is 19.3. The van der Waals surface area contributed by atoms with Crippen molar-refractivity contribution < 1.29 is 13.9 Å². The third-order valence-electron chi connectivity index (χ3n) is 5.46. The van der Waals surface area contributed by atoms with Gasteiger partial charge in [0.1, 0.15) is 11.6 Å². The maximum Gasteiger partial charge on any atom is 0.254 e. The minimum absolute atomic E-state index is 0.146. The lowest BCUT2D eigenvalue weighted by Gasteiger charge is -2.33. The number of benzene rings is 1. The van der Waals surface area contributed by atoms with E-state index in [4.69, 9.17) is 4.74 Å². The van der Waals surface area contributed by atoms with E-state index >= 15 is 0 Å². The summed E-state index contributed by atoms with van der Waals surface area (Å²) in [5.74, 6) is 1.93. The molecule has 0 saturated carbocycles. The molecular weight excluding hydrogens is 395 g/mol. The molecule has 0 aliphatic carbocycles. The Morgan fingerprint density at radius 3 is 2.83 bits per heavy atom. The standard InChI is InChI=1S/C19H19FN6O2S/c1-11-16-22-23-17(18-21-15(24-29-18)13-6-9-28-10-13)26(16)8-7-25(11)19(27)12-2-4-14(20)5-3-12/h2-5,11,13H,6-10H2,1H3/t11-,13?/m1/s1. The molecule has 8 nitrogen and oxygen atoms in total. The third kappa shape index (κ3) is 3.22. The summed E-state index contributed by atoms with van der Waals surface area (Å²) in [6.07, 6.45) is 0.936. The summed E-state index contributed by atoms with van der Waals surface area (Å²) in [7, 11) is 0. The summed E-state index contributed by atoms with van der Waals surface area (Å²) >= 11 is 1.32. The number of carbonyl (C=O) groups is 1. The zero-order chi connectivity index (χ0) is 20.0. The van der Waals surface area contributed by atoms with Crippen LogP contribution in [0.25, 0.3) is 10.8 Å². The highest BCUT2D eigenvalue weighted by Crippen LogP contribution is 2.32. The highest BCUT2D eigenvalue weighted by Gasteiger charge is 2.33. The van der Waals surface area contributed by atoms with Crippen molar-refractivity contribution in [3.63, 3.8) is 0 Å². The van der Waals surface area contributed by atoms with Gasteiger partial charge >= 0.3 is 0 Å². The van der Waals surface area contributed by atoms with E-state index in [9.17, 15) is 9.18 Å². The molecule has 0 N–H and O–H groups in total. The van der Waals surface area contributed by atoms with Gasteiger partial charge in [0.25, 0.3) is 5.91 Å². The number of hydrogen-bond acceptors (Lipinski definition) is 7. The zero-order valence-electron chi connectivity index (χ0n) is 15.8. The first-order valence-corrected chi connectivity index (χ1v) is 10.3. The van der Waals surface area contributed by atoms with E-state index in [1.165, 1.54) is 35.8 Å². The second-order valence-electron chi connectivity index (χ2n) is 7.23. The number of aromatic nitrogens is 5. The molecule has 10 heteroatoms. The van der Waals surface area contributed by atoms with E-state index in [1.54, 1.807) is 4.90 Å². The minimum atomic E-state index is -0.363. The van der Waals surface area contributed by atoms with Crippen LogP contribution in [-0.4, -0.2) is 54.7 Å². The van der Waals surface area contributed by atoms with Crippen LogP contribution in [0.15, 0.2) is 24.3 Å². The molecule has 2 aromatic heterocycles. The van der Waals surface area contributed by atoms with Gasteiger partial charge in [0.15, 0.2) is 16.7 Å². The van der Waals surface area contributed by atoms with Crippen molar-refractivity contribution in [3.05, 3.63) is 47.3 Å². The molecule has 0 radical (unpaired) electrons. The number of nitrogens with zero attached hydrogens (tertiary/aromatic N) is 6. The first-order valence-electron chi connectivity index (χ1n) is 9.53. The Hall–Kier alpha value is -2.72. The SMILES string of the molecule is C[C@@H]1c2nnc(-c3nc(C4CCOC4)ns3)n2CCN1C(=O)c1ccc(F)cc1. The maximum atomic E-state index is 13.2. The van der Waals surface area contributed by atoms with Crippen molar-refractivity contribution >= 4 is 17.4 Å². The Bertz CT molecular complexity index is 1040. The lowest BCUT2D eigenvalue weighted by molar-refractivity contribution is 0.0638. The molecule has 1 fully saturated rings.